The van der Waals surface area contributed by atoms with Crippen LogP contribution < -0.4 is 5.73 Å². The molecule has 3 atom stereocenters. The predicted octanol–water partition coefficient (Wildman–Crippen LogP) is 14.3. The second-order valence-electron chi connectivity index (χ2n) is 17.3. The van der Waals surface area contributed by atoms with Gasteiger partial charge < -0.3 is 25.2 Å². The van der Waals surface area contributed by atoms with Crippen LogP contribution in [-0.4, -0.2) is 60.5 Å². The Balaban J connectivity index is 4.09. The van der Waals surface area contributed by atoms with Crippen molar-refractivity contribution in [3.63, 3.8) is 0 Å². The lowest BCUT2D eigenvalue weighted by molar-refractivity contribution is -0.154. The summed E-state index contributed by atoms with van der Waals surface area (Å²) in [5.41, 5.74) is 5.37. The van der Waals surface area contributed by atoms with E-state index in [1.165, 1.54) is 199 Å². The van der Waals surface area contributed by atoms with Gasteiger partial charge in [-0.05, 0) is 12.8 Å². The Labute approximate surface area is 363 Å². The van der Waals surface area contributed by atoms with E-state index in [1.807, 2.05) is 0 Å². The number of carbonyl (C=O) groups is 2. The molecule has 0 aromatic heterocycles. The lowest BCUT2D eigenvalue weighted by atomic mass is 10.0. The maximum Gasteiger partial charge on any atom is 0.472 e. The van der Waals surface area contributed by atoms with Crippen LogP contribution in [0.25, 0.3) is 0 Å². The number of nitrogens with two attached hydrogens (primary N) is 1. The van der Waals surface area contributed by atoms with Crippen molar-refractivity contribution in [2.75, 3.05) is 26.4 Å². The Hall–Kier alpha value is -1.03. The van der Waals surface area contributed by atoms with Crippen LogP contribution in [0.4, 0.5) is 0 Å². The fraction of sp³-hybridized carbons (Fsp3) is 0.958. The lowest BCUT2D eigenvalue weighted by Crippen LogP contribution is -2.34. The number of phosphoric ester groups is 1. The van der Waals surface area contributed by atoms with E-state index >= 15 is 0 Å². The van der Waals surface area contributed by atoms with Crippen molar-refractivity contribution < 1.29 is 42.7 Å². The van der Waals surface area contributed by atoms with Gasteiger partial charge in [0.1, 0.15) is 12.1 Å². The Morgan fingerprint density at radius 2 is 0.780 bits per heavy atom. The molecule has 0 saturated heterocycles. The smallest absolute Gasteiger partial charge is 0.472 e. The summed E-state index contributed by atoms with van der Waals surface area (Å²) in [5, 5.41) is 8.92. The average molecular weight is 862 g/mol. The topological polar surface area (TPSA) is 155 Å². The third-order valence-corrected chi connectivity index (χ3v) is 12.3. The fourth-order valence-corrected chi connectivity index (χ4v) is 8.27. The van der Waals surface area contributed by atoms with Crippen molar-refractivity contribution >= 4 is 19.8 Å². The zero-order valence-electron chi connectivity index (χ0n) is 38.6. The van der Waals surface area contributed by atoms with Crippen LogP contribution in [0, 0.1) is 0 Å². The van der Waals surface area contributed by atoms with Crippen molar-refractivity contribution in [1.29, 1.82) is 0 Å². The van der Waals surface area contributed by atoms with E-state index in [4.69, 9.17) is 29.4 Å². The number of hydrogen-bond donors (Lipinski definition) is 3. The molecule has 0 aromatic carbocycles. The maximum atomic E-state index is 12.7. The molecule has 0 fully saturated rings. The van der Waals surface area contributed by atoms with Crippen LogP contribution in [0.15, 0.2) is 0 Å². The molecule has 59 heavy (non-hydrogen) atoms. The van der Waals surface area contributed by atoms with Crippen molar-refractivity contribution in [1.82, 2.24) is 0 Å². The first-order valence-corrected chi connectivity index (χ1v) is 26.6. The largest absolute Gasteiger partial charge is 0.480 e. The first kappa shape index (κ1) is 58.0. The van der Waals surface area contributed by atoms with E-state index in [0.717, 1.165) is 38.5 Å². The number of carboxylic acids is 1. The summed E-state index contributed by atoms with van der Waals surface area (Å²) >= 11 is 0. The molecule has 0 spiro atoms. The van der Waals surface area contributed by atoms with E-state index in [9.17, 15) is 19.0 Å². The molecule has 352 valence electrons. The number of carboxylic acid groups (broad SMARTS) is 1. The molecule has 0 aliphatic carbocycles. The van der Waals surface area contributed by atoms with Gasteiger partial charge in [-0.3, -0.25) is 18.6 Å². The first-order valence-electron chi connectivity index (χ1n) is 25.1. The van der Waals surface area contributed by atoms with Crippen molar-refractivity contribution in [3.05, 3.63) is 0 Å². The highest BCUT2D eigenvalue weighted by Crippen LogP contribution is 2.43. The summed E-state index contributed by atoms with van der Waals surface area (Å²) in [4.78, 5) is 33.6. The number of aliphatic carboxylic acids is 1. The van der Waals surface area contributed by atoms with Crippen LogP contribution in [-0.2, 0) is 32.7 Å². The van der Waals surface area contributed by atoms with Crippen LogP contribution in [0.2, 0.25) is 0 Å². The number of phosphoric acid groups is 1. The van der Waals surface area contributed by atoms with Gasteiger partial charge in [-0.1, -0.05) is 239 Å². The third kappa shape index (κ3) is 44.8. The summed E-state index contributed by atoms with van der Waals surface area (Å²) in [6, 6.07) is -1.47. The molecule has 0 amide bonds. The van der Waals surface area contributed by atoms with Crippen molar-refractivity contribution in [3.8, 4) is 0 Å². The summed E-state index contributed by atoms with van der Waals surface area (Å²) in [6.45, 7) is 3.95. The Morgan fingerprint density at radius 1 is 0.475 bits per heavy atom. The van der Waals surface area contributed by atoms with Crippen molar-refractivity contribution in [2.24, 2.45) is 5.73 Å². The monoisotopic (exact) mass is 862 g/mol. The number of esters is 1. The Kier molecular flexibility index (Phi) is 44.2. The van der Waals surface area contributed by atoms with E-state index in [2.05, 4.69) is 13.8 Å². The molecule has 4 N–H and O–H groups in total. The fourth-order valence-electron chi connectivity index (χ4n) is 7.49. The number of unbranched alkanes of at least 4 members (excludes halogenated alkanes) is 35. The quantitative estimate of drug-likeness (QED) is 0.0306. The zero-order chi connectivity index (χ0) is 43.3. The highest BCUT2D eigenvalue weighted by Gasteiger charge is 2.27. The van der Waals surface area contributed by atoms with Gasteiger partial charge in [0.2, 0.25) is 0 Å². The normalized spacial score (nSPS) is 13.7. The highest BCUT2D eigenvalue weighted by molar-refractivity contribution is 7.47. The van der Waals surface area contributed by atoms with Crippen molar-refractivity contribution in [2.45, 2.75) is 270 Å². The molecular formula is C48H96NO9P. The molecular weight excluding hydrogens is 765 g/mol. The van der Waals surface area contributed by atoms with E-state index < -0.39 is 45.1 Å². The second-order valence-corrected chi connectivity index (χ2v) is 18.8. The molecule has 3 unspecified atom stereocenters. The Morgan fingerprint density at radius 3 is 1.12 bits per heavy atom. The molecule has 0 bridgehead atoms. The molecule has 0 aliphatic heterocycles. The van der Waals surface area contributed by atoms with E-state index in [0.29, 0.717) is 6.61 Å². The minimum absolute atomic E-state index is 0.0263. The molecule has 0 aliphatic rings. The number of carbonyl (C=O) groups excluding carboxylic acids is 1. The lowest BCUT2D eigenvalue weighted by Gasteiger charge is -2.20. The average Bonchev–Trinajstić information content (AvgIpc) is 3.21. The van der Waals surface area contributed by atoms with Gasteiger partial charge in [-0.25, -0.2) is 4.57 Å². The van der Waals surface area contributed by atoms with Crippen LogP contribution in [0.1, 0.15) is 258 Å². The molecule has 11 heteroatoms. The molecule has 0 aromatic rings. The van der Waals surface area contributed by atoms with Gasteiger partial charge >= 0.3 is 19.8 Å². The SMILES string of the molecule is CCCCCCCCCCCCCCCCCCCCCCOCC(COP(=O)(O)OCC(N)C(=O)O)OC(=O)CCCCCCCCCCCCCCCCCCC. The second kappa shape index (κ2) is 45.0. The van der Waals surface area contributed by atoms with Gasteiger partial charge in [0.15, 0.2) is 0 Å². The van der Waals surface area contributed by atoms with Gasteiger partial charge in [0.05, 0.1) is 19.8 Å². The van der Waals surface area contributed by atoms with Gasteiger partial charge in [0.25, 0.3) is 0 Å². The van der Waals surface area contributed by atoms with Crippen LogP contribution >= 0.6 is 7.82 Å². The summed E-state index contributed by atoms with van der Waals surface area (Å²) in [7, 11) is -4.61. The first-order chi connectivity index (χ1) is 28.7. The molecule has 0 heterocycles. The maximum absolute atomic E-state index is 12.7. The van der Waals surface area contributed by atoms with Gasteiger partial charge in [-0.2, -0.15) is 0 Å². The summed E-state index contributed by atoms with van der Waals surface area (Å²) in [6.07, 6.45) is 47.3. The minimum atomic E-state index is -4.61. The number of hydrogen-bond acceptors (Lipinski definition) is 8. The standard InChI is InChI=1S/C48H96NO9P/c1-3-5-7-9-11-13-15-17-19-21-22-23-25-27-29-31-33-35-37-39-41-55-42-45(43-56-59(53,54)57-44-46(49)48(51)52)58-47(50)40-38-36-34-32-30-28-26-24-20-18-16-14-12-10-8-6-4-2/h45-46H,3-44,49H2,1-2H3,(H,51,52)(H,53,54). The number of ether oxygens (including phenoxy) is 2. The number of rotatable bonds is 49. The Bertz CT molecular complexity index is 955. The highest BCUT2D eigenvalue weighted by atomic mass is 31.2. The zero-order valence-corrected chi connectivity index (χ0v) is 39.5. The molecule has 0 radical (unpaired) electrons. The predicted molar refractivity (Wildman–Crippen MR) is 245 cm³/mol. The molecule has 10 nitrogen and oxygen atoms in total. The van der Waals surface area contributed by atoms with E-state index in [-0.39, 0.29) is 13.0 Å². The van der Waals surface area contributed by atoms with Crippen LogP contribution in [0.5, 0.6) is 0 Å². The minimum Gasteiger partial charge on any atom is -0.480 e. The summed E-state index contributed by atoms with van der Waals surface area (Å²) in [5.74, 6) is -1.76. The third-order valence-electron chi connectivity index (χ3n) is 11.4. The molecule has 0 rings (SSSR count). The van der Waals surface area contributed by atoms with Crippen LogP contribution in [0.3, 0.4) is 0 Å². The van der Waals surface area contributed by atoms with Gasteiger partial charge in [0, 0.05) is 13.0 Å². The summed E-state index contributed by atoms with van der Waals surface area (Å²) < 4.78 is 33.5. The van der Waals surface area contributed by atoms with Gasteiger partial charge in [-0.15, -0.1) is 0 Å². The van der Waals surface area contributed by atoms with E-state index in [1.54, 1.807) is 0 Å². The molecule has 0 saturated carbocycles.